The van der Waals surface area contributed by atoms with Crippen molar-refractivity contribution in [3.63, 3.8) is 0 Å². The van der Waals surface area contributed by atoms with Gasteiger partial charge in [-0.25, -0.2) is 0 Å². The largest absolute Gasteiger partial charge is 0.298 e. The summed E-state index contributed by atoms with van der Waals surface area (Å²) in [6, 6.07) is 15.1. The molecule has 0 saturated heterocycles. The van der Waals surface area contributed by atoms with Gasteiger partial charge in [0.1, 0.15) is 0 Å². The topological polar surface area (TPSA) is 82.2 Å². The van der Waals surface area contributed by atoms with E-state index in [1.807, 2.05) is 6.07 Å². The van der Waals surface area contributed by atoms with Crippen LogP contribution in [0.15, 0.2) is 65.5 Å². The summed E-state index contributed by atoms with van der Waals surface area (Å²) in [6.07, 6.45) is 0. The number of pyridine rings is 1. The van der Waals surface area contributed by atoms with Crippen LogP contribution in [0.25, 0.3) is 10.9 Å². The van der Waals surface area contributed by atoms with Crippen LogP contribution >= 0.6 is 0 Å². The average Bonchev–Trinajstić information content (AvgIpc) is 2.60. The van der Waals surface area contributed by atoms with E-state index in [1.165, 1.54) is 34.9 Å². The zero-order valence-electron chi connectivity index (χ0n) is 12.9. The molecule has 6 nitrogen and oxygen atoms in total. The van der Waals surface area contributed by atoms with Gasteiger partial charge in [-0.1, -0.05) is 30.3 Å². The Labute approximate surface area is 137 Å². The lowest BCUT2D eigenvalue weighted by atomic mass is 10.0. The number of Topliss-reactive ketones (excluding diaryl/α,β-unsaturated/α-hetero) is 1. The molecule has 0 aliphatic carbocycles. The van der Waals surface area contributed by atoms with Gasteiger partial charge >= 0.3 is 0 Å². The van der Waals surface area contributed by atoms with Crippen molar-refractivity contribution < 1.29 is 9.72 Å². The number of carbonyl (C=O) groups is 1. The third kappa shape index (κ3) is 2.69. The van der Waals surface area contributed by atoms with Crippen LogP contribution in [0.4, 0.5) is 5.69 Å². The minimum absolute atomic E-state index is 0.0604. The minimum Gasteiger partial charge on any atom is -0.298 e. The van der Waals surface area contributed by atoms with E-state index < -0.39 is 11.0 Å². The van der Waals surface area contributed by atoms with Gasteiger partial charge in [-0.2, -0.15) is 0 Å². The zero-order chi connectivity index (χ0) is 17.3. The van der Waals surface area contributed by atoms with E-state index in [4.69, 9.17) is 0 Å². The third-order valence-electron chi connectivity index (χ3n) is 3.95. The van der Waals surface area contributed by atoms with Crippen LogP contribution in [0.1, 0.15) is 23.3 Å². The summed E-state index contributed by atoms with van der Waals surface area (Å²) in [5, 5.41) is 11.4. The summed E-state index contributed by atoms with van der Waals surface area (Å²) in [4.78, 5) is 35.4. The SMILES string of the molecule is CC(C(=O)c1ccccc1)n1c(=O)ccc2cc([N+](=O)[O-])ccc21. The van der Waals surface area contributed by atoms with Crippen molar-refractivity contribution in [2.24, 2.45) is 0 Å². The predicted molar refractivity (Wildman–Crippen MR) is 90.3 cm³/mol. The number of nitro benzene ring substituents is 1. The molecule has 0 fully saturated rings. The van der Waals surface area contributed by atoms with Crippen LogP contribution in [-0.4, -0.2) is 15.3 Å². The van der Waals surface area contributed by atoms with E-state index in [0.717, 1.165) is 0 Å². The van der Waals surface area contributed by atoms with Crippen molar-refractivity contribution in [2.75, 3.05) is 0 Å². The Kier molecular flexibility index (Phi) is 3.95. The molecule has 1 atom stereocenters. The molecule has 6 heteroatoms. The summed E-state index contributed by atoms with van der Waals surface area (Å²) in [6.45, 7) is 1.65. The number of non-ortho nitro benzene ring substituents is 1. The van der Waals surface area contributed by atoms with Crippen LogP contribution in [0, 0.1) is 10.1 Å². The molecule has 24 heavy (non-hydrogen) atoms. The molecular weight excluding hydrogens is 308 g/mol. The highest BCUT2D eigenvalue weighted by Crippen LogP contribution is 2.23. The Morgan fingerprint density at radius 1 is 1.08 bits per heavy atom. The van der Waals surface area contributed by atoms with Gasteiger partial charge in [0, 0.05) is 29.1 Å². The lowest BCUT2D eigenvalue weighted by Gasteiger charge is -2.17. The fraction of sp³-hybridized carbons (Fsp3) is 0.111. The van der Waals surface area contributed by atoms with Crippen molar-refractivity contribution >= 4 is 22.4 Å². The first-order valence-electron chi connectivity index (χ1n) is 7.38. The Morgan fingerprint density at radius 2 is 1.79 bits per heavy atom. The number of benzene rings is 2. The molecule has 0 spiro atoms. The van der Waals surface area contributed by atoms with Gasteiger partial charge in [-0.3, -0.25) is 24.3 Å². The fourth-order valence-corrected chi connectivity index (χ4v) is 2.73. The molecule has 0 N–H and O–H groups in total. The number of fused-ring (bicyclic) bond motifs is 1. The monoisotopic (exact) mass is 322 g/mol. The minimum atomic E-state index is -0.718. The Balaban J connectivity index is 2.14. The molecular formula is C18H14N2O4. The first kappa shape index (κ1) is 15.6. The lowest BCUT2D eigenvalue weighted by molar-refractivity contribution is -0.384. The fourth-order valence-electron chi connectivity index (χ4n) is 2.73. The molecule has 0 aliphatic heterocycles. The number of nitro groups is 1. The summed E-state index contributed by atoms with van der Waals surface area (Å²) in [5.41, 5.74) is 0.614. The van der Waals surface area contributed by atoms with Crippen molar-refractivity contribution in [3.05, 3.63) is 86.7 Å². The van der Waals surface area contributed by atoms with E-state index >= 15 is 0 Å². The zero-order valence-corrected chi connectivity index (χ0v) is 12.9. The van der Waals surface area contributed by atoms with Gasteiger partial charge in [0.15, 0.2) is 5.78 Å². The highest BCUT2D eigenvalue weighted by atomic mass is 16.6. The maximum absolute atomic E-state index is 12.6. The van der Waals surface area contributed by atoms with Crippen LogP contribution in [0.5, 0.6) is 0 Å². The number of hydrogen-bond donors (Lipinski definition) is 0. The lowest BCUT2D eigenvalue weighted by Crippen LogP contribution is -2.28. The van der Waals surface area contributed by atoms with Gasteiger partial charge in [-0.15, -0.1) is 0 Å². The van der Waals surface area contributed by atoms with Crippen molar-refractivity contribution in [1.82, 2.24) is 4.57 Å². The molecule has 0 saturated carbocycles. The number of carbonyl (C=O) groups excluding carboxylic acids is 1. The van der Waals surface area contributed by atoms with Crippen LogP contribution in [0.3, 0.4) is 0 Å². The summed E-state index contributed by atoms with van der Waals surface area (Å²) >= 11 is 0. The van der Waals surface area contributed by atoms with Crippen LogP contribution < -0.4 is 5.56 Å². The maximum Gasteiger partial charge on any atom is 0.270 e. The first-order valence-corrected chi connectivity index (χ1v) is 7.38. The highest BCUT2D eigenvalue weighted by Gasteiger charge is 2.20. The number of hydrogen-bond acceptors (Lipinski definition) is 4. The molecule has 0 radical (unpaired) electrons. The molecule has 2 aromatic carbocycles. The van der Waals surface area contributed by atoms with E-state index in [2.05, 4.69) is 0 Å². The third-order valence-corrected chi connectivity index (χ3v) is 3.95. The van der Waals surface area contributed by atoms with E-state index in [-0.39, 0.29) is 17.0 Å². The van der Waals surface area contributed by atoms with Gasteiger partial charge < -0.3 is 0 Å². The summed E-state index contributed by atoms with van der Waals surface area (Å²) in [7, 11) is 0. The second kappa shape index (κ2) is 6.08. The summed E-state index contributed by atoms with van der Waals surface area (Å²) in [5.74, 6) is -0.191. The molecule has 0 amide bonds. The number of nitrogens with zero attached hydrogens (tertiary/aromatic N) is 2. The van der Waals surface area contributed by atoms with Gasteiger partial charge in [0.05, 0.1) is 16.5 Å². The normalized spacial score (nSPS) is 12.0. The molecule has 0 bridgehead atoms. The Hall–Kier alpha value is -3.28. The van der Waals surface area contributed by atoms with Crippen molar-refractivity contribution in [3.8, 4) is 0 Å². The van der Waals surface area contributed by atoms with E-state index in [9.17, 15) is 19.7 Å². The van der Waals surface area contributed by atoms with Crippen molar-refractivity contribution in [2.45, 2.75) is 13.0 Å². The molecule has 3 rings (SSSR count). The molecule has 120 valence electrons. The predicted octanol–water partition coefficient (Wildman–Crippen LogP) is 3.35. The second-order valence-electron chi connectivity index (χ2n) is 5.45. The average molecular weight is 322 g/mol. The molecule has 1 heterocycles. The molecule has 3 aromatic rings. The summed E-state index contributed by atoms with van der Waals surface area (Å²) < 4.78 is 1.37. The highest BCUT2D eigenvalue weighted by molar-refractivity contribution is 5.99. The first-order chi connectivity index (χ1) is 11.5. The number of aromatic nitrogens is 1. The van der Waals surface area contributed by atoms with Crippen molar-refractivity contribution in [1.29, 1.82) is 0 Å². The molecule has 1 unspecified atom stereocenters. The van der Waals surface area contributed by atoms with Gasteiger partial charge in [0.2, 0.25) is 0 Å². The molecule has 1 aromatic heterocycles. The smallest absolute Gasteiger partial charge is 0.270 e. The van der Waals surface area contributed by atoms with Gasteiger partial charge in [0.25, 0.3) is 11.2 Å². The Bertz CT molecular complexity index is 993. The maximum atomic E-state index is 12.6. The molecule has 0 aliphatic rings. The quantitative estimate of drug-likeness (QED) is 0.419. The Morgan fingerprint density at radius 3 is 2.46 bits per heavy atom. The number of rotatable bonds is 4. The van der Waals surface area contributed by atoms with Crippen LogP contribution in [-0.2, 0) is 0 Å². The number of ketones is 1. The second-order valence-corrected chi connectivity index (χ2v) is 5.45. The van der Waals surface area contributed by atoms with Gasteiger partial charge in [-0.05, 0) is 19.1 Å². The van der Waals surface area contributed by atoms with E-state index in [1.54, 1.807) is 31.2 Å². The standard InChI is InChI=1S/C18H14N2O4/c1-12(18(22)13-5-3-2-4-6-13)19-16-9-8-15(20(23)24)11-14(16)7-10-17(19)21/h2-12H,1H3. The van der Waals surface area contributed by atoms with Crippen LogP contribution in [0.2, 0.25) is 0 Å². The van der Waals surface area contributed by atoms with E-state index in [0.29, 0.717) is 16.5 Å².